The van der Waals surface area contributed by atoms with Crippen LogP contribution in [0.5, 0.6) is 11.5 Å². The standard InChI is InChI=1S/C21H28N6O4/c1-5-18-22-21(31-24-18)14(2)27-10-8-26(9-11-27)13-19-23-20(25-30-19)15-6-7-16(28-3)17(12-15)29-4/h6-7,12,14H,5,8-11,13H2,1-4H3. The van der Waals surface area contributed by atoms with Gasteiger partial charge >= 0.3 is 0 Å². The SMILES string of the molecule is CCc1noc(C(C)N2CCN(Cc3nc(-c4ccc(OC)c(OC)c4)no3)CC2)n1. The van der Waals surface area contributed by atoms with Crippen molar-refractivity contribution in [1.29, 1.82) is 0 Å². The summed E-state index contributed by atoms with van der Waals surface area (Å²) in [6.45, 7) is 8.34. The van der Waals surface area contributed by atoms with Gasteiger partial charge in [-0.3, -0.25) is 9.80 Å². The first-order valence-corrected chi connectivity index (χ1v) is 10.4. The third-order valence-corrected chi connectivity index (χ3v) is 5.58. The van der Waals surface area contributed by atoms with E-state index < -0.39 is 0 Å². The first kappa shape index (κ1) is 21.3. The van der Waals surface area contributed by atoms with Gasteiger partial charge in [-0.15, -0.1) is 0 Å². The number of nitrogens with zero attached hydrogens (tertiary/aromatic N) is 6. The summed E-state index contributed by atoms with van der Waals surface area (Å²) >= 11 is 0. The third-order valence-electron chi connectivity index (χ3n) is 5.58. The fourth-order valence-corrected chi connectivity index (χ4v) is 3.65. The molecule has 2 aromatic heterocycles. The zero-order valence-electron chi connectivity index (χ0n) is 18.4. The second-order valence-corrected chi connectivity index (χ2v) is 7.47. The Balaban J connectivity index is 1.34. The van der Waals surface area contributed by atoms with Gasteiger partial charge in [0, 0.05) is 38.2 Å². The summed E-state index contributed by atoms with van der Waals surface area (Å²) in [5, 5.41) is 8.13. The number of methoxy groups -OCH3 is 2. The van der Waals surface area contributed by atoms with Crippen LogP contribution in [-0.4, -0.2) is 70.5 Å². The Morgan fingerprint density at radius 2 is 1.77 bits per heavy atom. The van der Waals surface area contributed by atoms with Crippen LogP contribution in [0.4, 0.5) is 0 Å². The number of hydrogen-bond donors (Lipinski definition) is 0. The minimum absolute atomic E-state index is 0.106. The van der Waals surface area contributed by atoms with Crippen LogP contribution in [0.3, 0.4) is 0 Å². The molecular weight excluding hydrogens is 400 g/mol. The van der Waals surface area contributed by atoms with Crippen molar-refractivity contribution in [3.05, 3.63) is 35.8 Å². The minimum atomic E-state index is 0.106. The summed E-state index contributed by atoms with van der Waals surface area (Å²) < 4.78 is 21.5. The first-order valence-electron chi connectivity index (χ1n) is 10.4. The lowest BCUT2D eigenvalue weighted by molar-refractivity contribution is 0.0785. The summed E-state index contributed by atoms with van der Waals surface area (Å²) in [6.07, 6.45) is 0.777. The molecule has 0 N–H and O–H groups in total. The molecule has 3 heterocycles. The maximum atomic E-state index is 5.49. The van der Waals surface area contributed by atoms with Crippen molar-refractivity contribution >= 4 is 0 Å². The number of hydrogen-bond acceptors (Lipinski definition) is 10. The lowest BCUT2D eigenvalue weighted by atomic mass is 10.2. The Morgan fingerprint density at radius 3 is 2.45 bits per heavy atom. The van der Waals surface area contributed by atoms with Gasteiger partial charge in [-0.25, -0.2) is 0 Å². The van der Waals surface area contributed by atoms with Crippen molar-refractivity contribution in [2.75, 3.05) is 40.4 Å². The maximum Gasteiger partial charge on any atom is 0.243 e. The molecule has 0 aliphatic carbocycles. The van der Waals surface area contributed by atoms with Crippen molar-refractivity contribution in [3.8, 4) is 22.9 Å². The minimum Gasteiger partial charge on any atom is -0.493 e. The van der Waals surface area contributed by atoms with E-state index in [2.05, 4.69) is 37.0 Å². The Bertz CT molecular complexity index is 995. The molecule has 0 spiro atoms. The van der Waals surface area contributed by atoms with E-state index in [0.717, 1.165) is 44.0 Å². The molecule has 0 amide bonds. The molecule has 10 nitrogen and oxygen atoms in total. The van der Waals surface area contributed by atoms with Crippen molar-refractivity contribution in [3.63, 3.8) is 0 Å². The highest BCUT2D eigenvalue weighted by atomic mass is 16.5. The summed E-state index contributed by atoms with van der Waals surface area (Å²) in [6, 6.07) is 5.67. The monoisotopic (exact) mass is 428 g/mol. The third kappa shape index (κ3) is 4.70. The van der Waals surface area contributed by atoms with E-state index in [1.54, 1.807) is 14.2 Å². The second-order valence-electron chi connectivity index (χ2n) is 7.47. The molecule has 1 aromatic carbocycles. The van der Waals surface area contributed by atoms with E-state index in [9.17, 15) is 0 Å². The normalized spacial score (nSPS) is 16.4. The van der Waals surface area contributed by atoms with Crippen molar-refractivity contribution in [2.24, 2.45) is 0 Å². The van der Waals surface area contributed by atoms with Crippen molar-refractivity contribution in [2.45, 2.75) is 32.9 Å². The van der Waals surface area contributed by atoms with Crippen LogP contribution in [0.1, 0.15) is 37.5 Å². The summed E-state index contributed by atoms with van der Waals surface area (Å²) in [4.78, 5) is 13.7. The zero-order chi connectivity index (χ0) is 21.8. The quantitative estimate of drug-likeness (QED) is 0.532. The van der Waals surface area contributed by atoms with E-state index in [1.807, 2.05) is 25.1 Å². The second kappa shape index (κ2) is 9.44. The molecular formula is C21H28N6O4. The predicted octanol–water partition coefficient (Wildman–Crippen LogP) is 2.58. The summed E-state index contributed by atoms with van der Waals surface area (Å²) in [5.41, 5.74) is 0.817. The highest BCUT2D eigenvalue weighted by Crippen LogP contribution is 2.31. The van der Waals surface area contributed by atoms with Gasteiger partial charge in [0.15, 0.2) is 17.3 Å². The van der Waals surface area contributed by atoms with E-state index in [4.69, 9.17) is 18.5 Å². The molecule has 1 unspecified atom stereocenters. The van der Waals surface area contributed by atoms with Crippen molar-refractivity contribution in [1.82, 2.24) is 30.1 Å². The van der Waals surface area contributed by atoms with E-state index in [0.29, 0.717) is 35.6 Å². The number of aromatic nitrogens is 4. The average Bonchev–Trinajstić information content (AvgIpc) is 3.48. The number of ether oxygens (including phenoxy) is 2. The Hall–Kier alpha value is -2.98. The highest BCUT2D eigenvalue weighted by Gasteiger charge is 2.26. The number of rotatable bonds is 8. The van der Waals surface area contributed by atoms with Crippen LogP contribution in [0.25, 0.3) is 11.4 Å². The van der Waals surface area contributed by atoms with Crippen molar-refractivity contribution < 1.29 is 18.5 Å². The molecule has 1 aliphatic heterocycles. The predicted molar refractivity (Wildman–Crippen MR) is 112 cm³/mol. The van der Waals surface area contributed by atoms with Gasteiger partial charge < -0.3 is 18.5 Å². The van der Waals surface area contributed by atoms with Gasteiger partial charge in [-0.1, -0.05) is 17.2 Å². The number of piperazine rings is 1. The van der Waals surface area contributed by atoms with Crippen LogP contribution in [0.15, 0.2) is 27.2 Å². The van der Waals surface area contributed by atoms with E-state index in [-0.39, 0.29) is 6.04 Å². The van der Waals surface area contributed by atoms with Crippen LogP contribution < -0.4 is 9.47 Å². The molecule has 0 saturated carbocycles. The summed E-state index contributed by atoms with van der Waals surface area (Å²) in [5.74, 6) is 3.85. The summed E-state index contributed by atoms with van der Waals surface area (Å²) in [7, 11) is 3.21. The van der Waals surface area contributed by atoms with Crippen LogP contribution >= 0.6 is 0 Å². The average molecular weight is 428 g/mol. The highest BCUT2D eigenvalue weighted by molar-refractivity contribution is 5.60. The molecule has 1 aliphatic rings. The fourth-order valence-electron chi connectivity index (χ4n) is 3.65. The van der Waals surface area contributed by atoms with E-state index >= 15 is 0 Å². The molecule has 1 fully saturated rings. The van der Waals surface area contributed by atoms with Gasteiger partial charge in [0.2, 0.25) is 17.6 Å². The largest absolute Gasteiger partial charge is 0.493 e. The van der Waals surface area contributed by atoms with Gasteiger partial charge in [-0.05, 0) is 25.1 Å². The first-order chi connectivity index (χ1) is 15.1. The molecule has 1 atom stereocenters. The Kier molecular flexibility index (Phi) is 6.47. The van der Waals surface area contributed by atoms with E-state index in [1.165, 1.54) is 0 Å². The van der Waals surface area contributed by atoms with Crippen LogP contribution in [-0.2, 0) is 13.0 Å². The smallest absolute Gasteiger partial charge is 0.243 e. The molecule has 10 heteroatoms. The fraction of sp³-hybridized carbons (Fsp3) is 0.524. The molecule has 0 bridgehead atoms. The Morgan fingerprint density at radius 1 is 1.00 bits per heavy atom. The molecule has 3 aromatic rings. The molecule has 0 radical (unpaired) electrons. The molecule has 166 valence electrons. The molecule has 4 rings (SSSR count). The maximum absolute atomic E-state index is 5.49. The Labute approximate surface area is 181 Å². The van der Waals surface area contributed by atoms with Crippen LogP contribution in [0, 0.1) is 0 Å². The molecule has 1 saturated heterocycles. The van der Waals surface area contributed by atoms with Gasteiger partial charge in [0.05, 0.1) is 26.8 Å². The van der Waals surface area contributed by atoms with Gasteiger partial charge in [-0.2, -0.15) is 9.97 Å². The number of benzene rings is 1. The lowest BCUT2D eigenvalue weighted by Crippen LogP contribution is -2.46. The van der Waals surface area contributed by atoms with Gasteiger partial charge in [0.1, 0.15) is 0 Å². The zero-order valence-corrected chi connectivity index (χ0v) is 18.4. The lowest BCUT2D eigenvalue weighted by Gasteiger charge is -2.36. The number of aryl methyl sites for hydroxylation is 1. The topological polar surface area (TPSA) is 103 Å². The van der Waals surface area contributed by atoms with Crippen LogP contribution in [0.2, 0.25) is 0 Å². The molecule has 31 heavy (non-hydrogen) atoms. The van der Waals surface area contributed by atoms with Gasteiger partial charge in [0.25, 0.3) is 0 Å².